The summed E-state index contributed by atoms with van der Waals surface area (Å²) in [6, 6.07) is 12.4. The molecule has 2 aliphatic heterocycles. The molecule has 0 aliphatic carbocycles. The number of allylic oxidation sites excluding steroid dienone is 1. The highest BCUT2D eigenvalue weighted by Gasteiger charge is 2.35. The third kappa shape index (κ3) is 4.44. The van der Waals surface area contributed by atoms with E-state index in [9.17, 15) is 9.59 Å². The van der Waals surface area contributed by atoms with E-state index in [0.717, 1.165) is 11.1 Å². The lowest BCUT2D eigenvalue weighted by atomic mass is 9.94. The number of carbonyl (C=O) groups excluding carboxylic acids is 1. The number of methoxy groups -OCH3 is 1. The average Bonchev–Trinajstić information content (AvgIpc) is 3.22. The zero-order valence-electron chi connectivity index (χ0n) is 21.3. The lowest BCUT2D eigenvalue weighted by molar-refractivity contribution is -0.127. The van der Waals surface area contributed by atoms with Crippen molar-refractivity contribution in [1.29, 1.82) is 0 Å². The van der Waals surface area contributed by atoms with Crippen LogP contribution in [0.4, 0.5) is 0 Å². The van der Waals surface area contributed by atoms with Crippen molar-refractivity contribution in [2.45, 2.75) is 26.8 Å². The Morgan fingerprint density at radius 3 is 2.62 bits per heavy atom. The van der Waals surface area contributed by atoms with Gasteiger partial charge in [-0.3, -0.25) is 14.2 Å². The highest BCUT2D eigenvalue weighted by molar-refractivity contribution is 7.07. The molecule has 3 aromatic rings. The highest BCUT2D eigenvalue weighted by atomic mass is 32.1. The number of para-hydroxylation sites is 1. The molecule has 2 aliphatic rings. The average molecular weight is 520 g/mol. The van der Waals surface area contributed by atoms with Crippen LogP contribution in [0.5, 0.6) is 17.2 Å². The van der Waals surface area contributed by atoms with Gasteiger partial charge in [0.1, 0.15) is 25.0 Å². The Bertz CT molecular complexity index is 1570. The zero-order chi connectivity index (χ0) is 26.1. The number of hydrogen-bond acceptors (Lipinski definition) is 7. The fourth-order valence-electron chi connectivity index (χ4n) is 4.76. The number of rotatable bonds is 6. The smallest absolute Gasteiger partial charge is 0.271 e. The summed E-state index contributed by atoms with van der Waals surface area (Å²) in [4.78, 5) is 34.7. The van der Waals surface area contributed by atoms with Gasteiger partial charge in [-0.05, 0) is 50.6 Å². The molecule has 8 nitrogen and oxygen atoms in total. The van der Waals surface area contributed by atoms with E-state index in [-0.39, 0.29) is 11.5 Å². The third-order valence-corrected chi connectivity index (χ3v) is 7.58. The Kier molecular flexibility index (Phi) is 6.88. The first-order valence-corrected chi connectivity index (χ1v) is 13.1. The molecule has 0 saturated carbocycles. The van der Waals surface area contributed by atoms with E-state index in [1.54, 1.807) is 16.6 Å². The van der Waals surface area contributed by atoms with E-state index >= 15 is 0 Å². The van der Waals surface area contributed by atoms with Crippen LogP contribution in [-0.4, -0.2) is 48.8 Å². The molecule has 9 heteroatoms. The minimum absolute atomic E-state index is 0.136. The van der Waals surface area contributed by atoms with E-state index in [1.165, 1.54) is 11.3 Å². The predicted molar refractivity (Wildman–Crippen MR) is 142 cm³/mol. The van der Waals surface area contributed by atoms with Crippen LogP contribution in [-0.2, 0) is 4.79 Å². The van der Waals surface area contributed by atoms with E-state index in [4.69, 9.17) is 19.2 Å². The molecule has 0 spiro atoms. The molecule has 2 aromatic carbocycles. The zero-order valence-corrected chi connectivity index (χ0v) is 22.1. The van der Waals surface area contributed by atoms with Gasteiger partial charge in [-0.15, -0.1) is 0 Å². The second kappa shape index (κ2) is 10.3. The molecular weight excluding hydrogens is 490 g/mol. The Morgan fingerprint density at radius 2 is 1.89 bits per heavy atom. The van der Waals surface area contributed by atoms with Gasteiger partial charge < -0.3 is 19.1 Å². The normalized spacial score (nSPS) is 16.8. The van der Waals surface area contributed by atoms with Crippen molar-refractivity contribution >= 4 is 23.3 Å². The second-order valence-electron chi connectivity index (χ2n) is 8.70. The largest absolute Gasteiger partial charge is 0.496 e. The number of ether oxygens (including phenoxy) is 3. The molecule has 0 unspecified atom stereocenters. The van der Waals surface area contributed by atoms with E-state index in [1.807, 2.05) is 69.3 Å². The quantitative estimate of drug-likeness (QED) is 0.500. The van der Waals surface area contributed by atoms with Gasteiger partial charge in [0.05, 0.1) is 22.9 Å². The Labute approximate surface area is 218 Å². The van der Waals surface area contributed by atoms with Crippen molar-refractivity contribution in [3.8, 4) is 17.2 Å². The fourth-order valence-corrected chi connectivity index (χ4v) is 5.81. The number of hydrogen-bond donors (Lipinski definition) is 0. The van der Waals surface area contributed by atoms with Crippen LogP contribution >= 0.6 is 11.3 Å². The summed E-state index contributed by atoms with van der Waals surface area (Å²) in [6.07, 6.45) is 1.83. The molecular formula is C28H29N3O5S. The Morgan fingerprint density at radius 1 is 1.16 bits per heavy atom. The predicted octanol–water partition coefficient (Wildman–Crippen LogP) is 2.88. The minimum atomic E-state index is -0.664. The van der Waals surface area contributed by atoms with Crippen LogP contribution in [0, 0.1) is 0 Å². The molecule has 0 N–H and O–H groups in total. The number of likely N-dealkylation sites (N-methyl/N-ethyl adjacent to an activating group) is 1. The topological polar surface area (TPSA) is 82.4 Å². The van der Waals surface area contributed by atoms with Crippen LogP contribution in [0.3, 0.4) is 0 Å². The summed E-state index contributed by atoms with van der Waals surface area (Å²) in [5, 5.41) is 0. The molecule has 37 heavy (non-hydrogen) atoms. The molecule has 0 radical (unpaired) electrons. The lowest BCUT2D eigenvalue weighted by Crippen LogP contribution is -2.43. The minimum Gasteiger partial charge on any atom is -0.496 e. The van der Waals surface area contributed by atoms with Crippen LogP contribution in [0.15, 0.2) is 63.5 Å². The maximum atomic E-state index is 13.9. The van der Waals surface area contributed by atoms with Crippen molar-refractivity contribution in [3.63, 3.8) is 0 Å². The Balaban J connectivity index is 1.71. The summed E-state index contributed by atoms with van der Waals surface area (Å²) in [6.45, 7) is 7.83. The number of thiazole rings is 1. The Hall–Kier alpha value is -3.85. The van der Waals surface area contributed by atoms with E-state index in [2.05, 4.69) is 0 Å². The fraction of sp³-hybridized carbons (Fsp3) is 0.321. The standard InChI is InChI=1S/C28H29N3O5S/c1-5-30(6-2)27(33)24-17(3)29-28-31(25(24)19-9-7-8-10-20(19)34-4)26(32)23(37-28)16-18-11-12-21-22(15-18)36-14-13-35-21/h7-12,15-16,25H,5-6,13-14H2,1-4H3/b23-16+/t25-/m0/s1. The number of amides is 1. The first-order valence-electron chi connectivity index (χ1n) is 12.3. The van der Waals surface area contributed by atoms with Crippen LogP contribution in [0.2, 0.25) is 0 Å². The molecule has 3 heterocycles. The number of aromatic nitrogens is 1. The first-order chi connectivity index (χ1) is 18.0. The molecule has 5 rings (SSSR count). The number of fused-ring (bicyclic) bond motifs is 2. The van der Waals surface area contributed by atoms with Crippen molar-refractivity contribution < 1.29 is 19.0 Å². The molecule has 192 valence electrons. The van der Waals surface area contributed by atoms with Gasteiger partial charge in [0.15, 0.2) is 16.3 Å². The summed E-state index contributed by atoms with van der Waals surface area (Å²) in [7, 11) is 1.59. The van der Waals surface area contributed by atoms with Crippen LogP contribution in [0.1, 0.15) is 37.9 Å². The number of nitrogens with zero attached hydrogens (tertiary/aromatic N) is 3. The van der Waals surface area contributed by atoms with Crippen molar-refractivity contribution in [2.75, 3.05) is 33.4 Å². The lowest BCUT2D eigenvalue weighted by Gasteiger charge is -2.29. The molecule has 1 aromatic heterocycles. The first kappa shape index (κ1) is 24.8. The van der Waals surface area contributed by atoms with Gasteiger partial charge in [-0.25, -0.2) is 4.99 Å². The SMILES string of the molecule is CCN(CC)C(=O)C1=C(C)N=c2s/c(=C/c3ccc4c(c3)OCCO4)c(=O)n2[C@H]1c1ccccc1OC. The van der Waals surface area contributed by atoms with Gasteiger partial charge in [-0.2, -0.15) is 0 Å². The molecule has 0 fully saturated rings. The number of benzene rings is 2. The molecule has 1 atom stereocenters. The molecule has 1 amide bonds. The van der Waals surface area contributed by atoms with Gasteiger partial charge in [-0.1, -0.05) is 35.6 Å². The summed E-state index contributed by atoms with van der Waals surface area (Å²) in [5.41, 5.74) is 2.42. The van der Waals surface area contributed by atoms with Crippen molar-refractivity contribution in [1.82, 2.24) is 9.47 Å². The molecule has 0 saturated heterocycles. The number of carbonyl (C=O) groups is 1. The van der Waals surface area contributed by atoms with Gasteiger partial charge in [0.25, 0.3) is 11.5 Å². The van der Waals surface area contributed by atoms with Gasteiger partial charge >= 0.3 is 0 Å². The summed E-state index contributed by atoms with van der Waals surface area (Å²) in [5.74, 6) is 1.82. The van der Waals surface area contributed by atoms with E-state index < -0.39 is 6.04 Å². The third-order valence-electron chi connectivity index (χ3n) is 6.60. The second-order valence-corrected chi connectivity index (χ2v) is 9.71. The molecule has 0 bridgehead atoms. The van der Waals surface area contributed by atoms with Crippen LogP contribution < -0.4 is 29.1 Å². The van der Waals surface area contributed by atoms with Crippen molar-refractivity contribution in [2.24, 2.45) is 4.99 Å². The highest BCUT2D eigenvalue weighted by Crippen LogP contribution is 2.36. The van der Waals surface area contributed by atoms with Crippen molar-refractivity contribution in [3.05, 3.63) is 84.5 Å². The monoisotopic (exact) mass is 519 g/mol. The van der Waals surface area contributed by atoms with Gasteiger partial charge in [0, 0.05) is 18.7 Å². The van der Waals surface area contributed by atoms with Crippen LogP contribution in [0.25, 0.3) is 6.08 Å². The summed E-state index contributed by atoms with van der Waals surface area (Å²) < 4.78 is 19.1. The van der Waals surface area contributed by atoms with Gasteiger partial charge in [0.2, 0.25) is 0 Å². The maximum Gasteiger partial charge on any atom is 0.271 e. The maximum absolute atomic E-state index is 13.9. The summed E-state index contributed by atoms with van der Waals surface area (Å²) >= 11 is 1.30. The van der Waals surface area contributed by atoms with E-state index in [0.29, 0.717) is 64.2 Å².